The molecule has 1 atom stereocenters. The third-order valence-electron chi connectivity index (χ3n) is 2.76. The number of carboxylic acids is 1. The van der Waals surface area contributed by atoms with Crippen LogP contribution in [-0.2, 0) is 4.79 Å². The van der Waals surface area contributed by atoms with Crippen LogP contribution in [0.3, 0.4) is 0 Å². The van der Waals surface area contributed by atoms with Crippen molar-refractivity contribution in [1.82, 2.24) is 4.90 Å². The van der Waals surface area contributed by atoms with Gasteiger partial charge in [0.15, 0.2) is 6.10 Å². The molecular weight excluding hydrogens is 222 g/mol. The Morgan fingerprint density at radius 2 is 2.00 bits per heavy atom. The fourth-order valence-electron chi connectivity index (χ4n) is 1.78. The predicted octanol–water partition coefficient (Wildman–Crippen LogP) is 0.497. The van der Waals surface area contributed by atoms with E-state index < -0.39 is 12.1 Å². The molecule has 0 amide bonds. The normalized spacial score (nSPS) is 18.5. The van der Waals surface area contributed by atoms with Gasteiger partial charge in [0.2, 0.25) is 0 Å². The van der Waals surface area contributed by atoms with E-state index in [-0.39, 0.29) is 6.10 Å². The van der Waals surface area contributed by atoms with Crippen molar-refractivity contribution in [2.75, 3.05) is 20.1 Å². The van der Waals surface area contributed by atoms with Gasteiger partial charge < -0.3 is 14.9 Å². The third-order valence-corrected chi connectivity index (χ3v) is 2.76. The summed E-state index contributed by atoms with van der Waals surface area (Å²) in [6.07, 6.45) is -1.27. The maximum Gasteiger partial charge on any atom is 0.337 e. The molecule has 1 saturated heterocycles. The molecule has 2 rings (SSSR count). The third kappa shape index (κ3) is 2.75. The molecule has 1 aromatic carbocycles. The quantitative estimate of drug-likeness (QED) is 0.798. The van der Waals surface area contributed by atoms with E-state index in [1.54, 1.807) is 24.3 Å². The van der Waals surface area contributed by atoms with E-state index in [2.05, 4.69) is 4.90 Å². The molecule has 1 fully saturated rings. The first-order valence-electron chi connectivity index (χ1n) is 5.42. The highest BCUT2D eigenvalue weighted by Gasteiger charge is 2.24. The lowest BCUT2D eigenvalue weighted by Gasteiger charge is -2.36. The maximum absolute atomic E-state index is 10.6. The summed E-state index contributed by atoms with van der Waals surface area (Å²) in [6, 6.07) is 6.49. The predicted molar refractivity (Wildman–Crippen MR) is 61.0 cm³/mol. The minimum absolute atomic E-state index is 0.204. The average Bonchev–Trinajstić information content (AvgIpc) is 2.27. The number of aliphatic hydroxyl groups is 1. The highest BCUT2D eigenvalue weighted by molar-refractivity contribution is 5.74. The van der Waals surface area contributed by atoms with Gasteiger partial charge in [-0.05, 0) is 24.7 Å². The monoisotopic (exact) mass is 237 g/mol. The van der Waals surface area contributed by atoms with Gasteiger partial charge in [-0.1, -0.05) is 12.1 Å². The van der Waals surface area contributed by atoms with Gasteiger partial charge in [-0.3, -0.25) is 4.90 Å². The summed E-state index contributed by atoms with van der Waals surface area (Å²) >= 11 is 0. The van der Waals surface area contributed by atoms with E-state index >= 15 is 0 Å². The van der Waals surface area contributed by atoms with Gasteiger partial charge in [-0.2, -0.15) is 0 Å². The topological polar surface area (TPSA) is 70.0 Å². The molecule has 0 saturated carbocycles. The van der Waals surface area contributed by atoms with Crippen LogP contribution in [0.1, 0.15) is 11.7 Å². The second kappa shape index (κ2) is 4.73. The summed E-state index contributed by atoms with van der Waals surface area (Å²) in [5.41, 5.74) is 0.357. The molecule has 0 aromatic heterocycles. The number of ether oxygens (including phenoxy) is 1. The second-order valence-corrected chi connectivity index (χ2v) is 4.27. The summed E-state index contributed by atoms with van der Waals surface area (Å²) in [5, 5.41) is 18.0. The molecule has 1 aromatic rings. The smallest absolute Gasteiger partial charge is 0.337 e. The molecule has 2 N–H and O–H groups in total. The van der Waals surface area contributed by atoms with Crippen molar-refractivity contribution in [2.45, 2.75) is 12.2 Å². The summed E-state index contributed by atoms with van der Waals surface area (Å²) < 4.78 is 5.65. The van der Waals surface area contributed by atoms with Crippen molar-refractivity contribution < 1.29 is 19.7 Å². The SMILES string of the molecule is CN1CC(Oc2ccc(C(O)C(=O)O)cc2)C1. The van der Waals surface area contributed by atoms with E-state index in [9.17, 15) is 9.90 Å². The van der Waals surface area contributed by atoms with Crippen molar-refractivity contribution >= 4 is 5.97 Å². The number of likely N-dealkylation sites (tertiary alicyclic amines) is 1. The maximum atomic E-state index is 10.6. The van der Waals surface area contributed by atoms with Crippen LogP contribution in [0.4, 0.5) is 0 Å². The van der Waals surface area contributed by atoms with E-state index in [0.717, 1.165) is 13.1 Å². The number of benzene rings is 1. The van der Waals surface area contributed by atoms with Crippen LogP contribution in [0, 0.1) is 0 Å². The van der Waals surface area contributed by atoms with Crippen LogP contribution in [0.25, 0.3) is 0 Å². The zero-order valence-corrected chi connectivity index (χ0v) is 9.54. The number of hydrogen-bond acceptors (Lipinski definition) is 4. The Balaban J connectivity index is 1.96. The molecule has 1 aliphatic rings. The fraction of sp³-hybridized carbons (Fsp3) is 0.417. The molecule has 0 aliphatic carbocycles. The first-order chi connectivity index (χ1) is 8.06. The highest BCUT2D eigenvalue weighted by Crippen LogP contribution is 2.20. The molecule has 17 heavy (non-hydrogen) atoms. The van der Waals surface area contributed by atoms with Gasteiger partial charge in [-0.25, -0.2) is 4.79 Å². The van der Waals surface area contributed by atoms with Crippen LogP contribution in [0.5, 0.6) is 5.75 Å². The number of hydrogen-bond donors (Lipinski definition) is 2. The Labute approximate surface area is 99.2 Å². The Morgan fingerprint density at radius 1 is 1.41 bits per heavy atom. The van der Waals surface area contributed by atoms with Gasteiger partial charge in [-0.15, -0.1) is 0 Å². The number of aliphatic carboxylic acids is 1. The fourth-order valence-corrected chi connectivity index (χ4v) is 1.78. The van der Waals surface area contributed by atoms with Gasteiger partial charge >= 0.3 is 5.97 Å². The van der Waals surface area contributed by atoms with E-state index in [0.29, 0.717) is 11.3 Å². The van der Waals surface area contributed by atoms with Crippen molar-refractivity contribution in [3.63, 3.8) is 0 Å². The van der Waals surface area contributed by atoms with Crippen molar-refractivity contribution in [1.29, 1.82) is 0 Å². The van der Waals surface area contributed by atoms with Crippen molar-refractivity contribution in [3.8, 4) is 5.75 Å². The molecule has 1 unspecified atom stereocenters. The van der Waals surface area contributed by atoms with Crippen LogP contribution in [0.2, 0.25) is 0 Å². The van der Waals surface area contributed by atoms with Crippen molar-refractivity contribution in [3.05, 3.63) is 29.8 Å². The van der Waals surface area contributed by atoms with Crippen LogP contribution < -0.4 is 4.74 Å². The lowest BCUT2D eigenvalue weighted by Crippen LogP contribution is -2.51. The summed E-state index contributed by atoms with van der Waals surface area (Å²) in [7, 11) is 2.02. The minimum atomic E-state index is -1.47. The number of rotatable bonds is 4. The number of nitrogens with zero attached hydrogens (tertiary/aromatic N) is 1. The zero-order valence-electron chi connectivity index (χ0n) is 9.54. The molecule has 92 valence electrons. The first kappa shape index (κ1) is 11.9. The largest absolute Gasteiger partial charge is 0.488 e. The molecular formula is C12H15NO4. The summed E-state index contributed by atoms with van der Waals surface area (Å²) in [4.78, 5) is 12.7. The van der Waals surface area contributed by atoms with Gasteiger partial charge in [0, 0.05) is 13.1 Å². The Hall–Kier alpha value is -1.59. The first-order valence-corrected chi connectivity index (χ1v) is 5.42. The van der Waals surface area contributed by atoms with Gasteiger partial charge in [0.1, 0.15) is 11.9 Å². The lowest BCUT2D eigenvalue weighted by atomic mass is 10.1. The van der Waals surface area contributed by atoms with Gasteiger partial charge in [0.05, 0.1) is 0 Å². The number of aliphatic hydroxyl groups excluding tert-OH is 1. The lowest BCUT2D eigenvalue weighted by molar-refractivity contribution is -0.146. The molecule has 0 spiro atoms. The Kier molecular flexibility index (Phi) is 3.31. The van der Waals surface area contributed by atoms with E-state index in [1.807, 2.05) is 7.05 Å². The minimum Gasteiger partial charge on any atom is -0.488 e. The highest BCUT2D eigenvalue weighted by atomic mass is 16.5. The average molecular weight is 237 g/mol. The number of carbonyl (C=O) groups is 1. The van der Waals surface area contributed by atoms with Crippen LogP contribution in [-0.4, -0.2) is 47.3 Å². The number of likely N-dealkylation sites (N-methyl/N-ethyl adjacent to an activating group) is 1. The molecule has 0 bridgehead atoms. The van der Waals surface area contributed by atoms with E-state index in [4.69, 9.17) is 9.84 Å². The summed E-state index contributed by atoms with van der Waals surface area (Å²) in [6.45, 7) is 1.80. The Bertz CT molecular complexity index is 397. The van der Waals surface area contributed by atoms with E-state index in [1.165, 1.54) is 0 Å². The zero-order chi connectivity index (χ0) is 12.4. The Morgan fingerprint density at radius 3 is 2.47 bits per heavy atom. The second-order valence-electron chi connectivity index (χ2n) is 4.27. The molecule has 0 radical (unpaired) electrons. The van der Waals surface area contributed by atoms with Crippen LogP contribution in [0.15, 0.2) is 24.3 Å². The standard InChI is InChI=1S/C12H15NO4/c1-13-6-10(7-13)17-9-4-2-8(3-5-9)11(14)12(15)16/h2-5,10-11,14H,6-7H2,1H3,(H,15,16). The molecule has 5 nitrogen and oxygen atoms in total. The molecule has 1 aliphatic heterocycles. The van der Waals surface area contributed by atoms with Crippen LogP contribution >= 0.6 is 0 Å². The molecule has 1 heterocycles. The number of carboxylic acid groups (broad SMARTS) is 1. The van der Waals surface area contributed by atoms with Crippen molar-refractivity contribution in [2.24, 2.45) is 0 Å². The summed E-state index contributed by atoms with van der Waals surface area (Å²) in [5.74, 6) is -0.552. The molecule has 5 heteroatoms. The van der Waals surface area contributed by atoms with Gasteiger partial charge in [0.25, 0.3) is 0 Å².